The van der Waals surface area contributed by atoms with Gasteiger partial charge in [0.15, 0.2) is 0 Å². The zero-order chi connectivity index (χ0) is 16.9. The molecular weight excluding hydrogens is 305 g/mol. The molecular formula is C20H12FNO2. The van der Waals surface area contributed by atoms with Crippen LogP contribution in [0.4, 0.5) is 4.39 Å². The van der Waals surface area contributed by atoms with Crippen molar-refractivity contribution in [2.24, 2.45) is 0 Å². The largest absolute Gasteiger partial charge is 0.423 e. The molecule has 3 aromatic carbocycles. The SMILES string of the molecule is N#Cc1ccc(-c2ccc(OC(=O)c3cccc(F)c3)cc2)cc1. The zero-order valence-electron chi connectivity index (χ0n) is 12.6. The van der Waals surface area contributed by atoms with E-state index in [4.69, 9.17) is 10.00 Å². The van der Waals surface area contributed by atoms with Gasteiger partial charge in [0.25, 0.3) is 0 Å². The summed E-state index contributed by atoms with van der Waals surface area (Å²) in [6.45, 7) is 0. The van der Waals surface area contributed by atoms with E-state index in [2.05, 4.69) is 6.07 Å². The Hall–Kier alpha value is -3.45. The van der Waals surface area contributed by atoms with Crippen molar-refractivity contribution in [3.63, 3.8) is 0 Å². The highest BCUT2D eigenvalue weighted by Crippen LogP contribution is 2.23. The van der Waals surface area contributed by atoms with Crippen molar-refractivity contribution in [2.45, 2.75) is 0 Å². The van der Waals surface area contributed by atoms with E-state index in [9.17, 15) is 9.18 Å². The van der Waals surface area contributed by atoms with Gasteiger partial charge in [-0.3, -0.25) is 0 Å². The number of nitriles is 1. The molecule has 0 amide bonds. The molecule has 0 aliphatic heterocycles. The second-order valence-electron chi connectivity index (χ2n) is 5.11. The van der Waals surface area contributed by atoms with Crippen molar-refractivity contribution in [2.75, 3.05) is 0 Å². The highest BCUT2D eigenvalue weighted by molar-refractivity contribution is 5.91. The number of benzene rings is 3. The molecule has 0 bridgehead atoms. The molecule has 0 saturated heterocycles. The second kappa shape index (κ2) is 6.76. The van der Waals surface area contributed by atoms with E-state index < -0.39 is 11.8 Å². The van der Waals surface area contributed by atoms with Crippen LogP contribution in [0.3, 0.4) is 0 Å². The van der Waals surface area contributed by atoms with Crippen molar-refractivity contribution in [1.29, 1.82) is 5.26 Å². The summed E-state index contributed by atoms with van der Waals surface area (Å²) in [5, 5.41) is 8.81. The van der Waals surface area contributed by atoms with Gasteiger partial charge in [0.1, 0.15) is 11.6 Å². The molecule has 4 heteroatoms. The van der Waals surface area contributed by atoms with Crippen LogP contribution in [0.2, 0.25) is 0 Å². The van der Waals surface area contributed by atoms with Crippen LogP contribution >= 0.6 is 0 Å². The fraction of sp³-hybridized carbons (Fsp3) is 0. The standard InChI is InChI=1S/C20H12FNO2/c21-18-3-1-2-17(12-18)20(23)24-19-10-8-16(9-11-19)15-6-4-14(13-22)5-7-15/h1-12H. The monoisotopic (exact) mass is 317 g/mol. The number of ether oxygens (including phenoxy) is 1. The van der Waals surface area contributed by atoms with E-state index in [-0.39, 0.29) is 5.56 Å². The first-order valence-corrected chi connectivity index (χ1v) is 7.24. The van der Waals surface area contributed by atoms with Crippen LogP contribution in [0.1, 0.15) is 15.9 Å². The van der Waals surface area contributed by atoms with Crippen molar-refractivity contribution in [3.05, 3.63) is 89.7 Å². The van der Waals surface area contributed by atoms with Crippen molar-refractivity contribution in [3.8, 4) is 22.9 Å². The molecule has 0 radical (unpaired) electrons. The lowest BCUT2D eigenvalue weighted by molar-refractivity contribution is 0.0734. The smallest absolute Gasteiger partial charge is 0.343 e. The number of carbonyl (C=O) groups excluding carboxylic acids is 1. The molecule has 0 saturated carbocycles. The molecule has 0 aliphatic carbocycles. The molecule has 0 aliphatic rings. The third-order valence-electron chi connectivity index (χ3n) is 3.47. The van der Waals surface area contributed by atoms with Gasteiger partial charge in [-0.05, 0) is 53.6 Å². The Labute approximate surface area is 138 Å². The predicted octanol–water partition coefficient (Wildman–Crippen LogP) is 4.58. The Kier molecular flexibility index (Phi) is 4.35. The van der Waals surface area contributed by atoms with E-state index in [0.717, 1.165) is 17.2 Å². The summed E-state index contributed by atoms with van der Waals surface area (Å²) in [5.41, 5.74) is 2.65. The average molecular weight is 317 g/mol. The minimum absolute atomic E-state index is 0.158. The Balaban J connectivity index is 1.74. The van der Waals surface area contributed by atoms with Gasteiger partial charge in [0, 0.05) is 0 Å². The van der Waals surface area contributed by atoms with Gasteiger partial charge in [0.2, 0.25) is 0 Å². The quantitative estimate of drug-likeness (QED) is 0.524. The molecule has 0 aromatic heterocycles. The molecule has 116 valence electrons. The van der Waals surface area contributed by atoms with Crippen LogP contribution in [0.25, 0.3) is 11.1 Å². The van der Waals surface area contributed by atoms with Crippen LogP contribution in [-0.2, 0) is 0 Å². The van der Waals surface area contributed by atoms with E-state index in [1.54, 1.807) is 24.3 Å². The topological polar surface area (TPSA) is 50.1 Å². The zero-order valence-corrected chi connectivity index (χ0v) is 12.6. The molecule has 0 atom stereocenters. The summed E-state index contributed by atoms with van der Waals surface area (Å²) in [6, 6.07) is 21.6. The number of hydrogen-bond acceptors (Lipinski definition) is 3. The van der Waals surface area contributed by atoms with E-state index >= 15 is 0 Å². The maximum absolute atomic E-state index is 13.1. The molecule has 3 nitrogen and oxygen atoms in total. The van der Waals surface area contributed by atoms with Gasteiger partial charge in [-0.15, -0.1) is 0 Å². The molecule has 3 rings (SSSR count). The summed E-state index contributed by atoms with van der Waals surface area (Å²) >= 11 is 0. The lowest BCUT2D eigenvalue weighted by atomic mass is 10.0. The molecule has 0 spiro atoms. The van der Waals surface area contributed by atoms with Crippen LogP contribution in [0, 0.1) is 17.1 Å². The second-order valence-corrected chi connectivity index (χ2v) is 5.11. The average Bonchev–Trinajstić information content (AvgIpc) is 2.62. The Morgan fingerprint density at radius 2 is 1.54 bits per heavy atom. The first-order valence-electron chi connectivity index (χ1n) is 7.24. The summed E-state index contributed by atoms with van der Waals surface area (Å²) in [4.78, 5) is 12.0. The maximum Gasteiger partial charge on any atom is 0.343 e. The minimum atomic E-state index is -0.611. The fourth-order valence-electron chi connectivity index (χ4n) is 2.23. The minimum Gasteiger partial charge on any atom is -0.423 e. The van der Waals surface area contributed by atoms with E-state index in [0.29, 0.717) is 11.3 Å². The Morgan fingerprint density at radius 1 is 0.917 bits per heavy atom. The molecule has 24 heavy (non-hydrogen) atoms. The summed E-state index contributed by atoms with van der Waals surface area (Å²) in [5.74, 6) is -0.720. The van der Waals surface area contributed by atoms with Gasteiger partial charge in [-0.2, -0.15) is 5.26 Å². The first-order chi connectivity index (χ1) is 11.7. The maximum atomic E-state index is 13.1. The number of esters is 1. The normalized spacial score (nSPS) is 10.0. The number of rotatable bonds is 3. The first kappa shape index (κ1) is 15.4. The van der Waals surface area contributed by atoms with Gasteiger partial charge in [-0.1, -0.05) is 30.3 Å². The highest BCUT2D eigenvalue weighted by Gasteiger charge is 2.09. The number of carbonyl (C=O) groups is 1. The molecule has 0 heterocycles. The number of nitrogens with zero attached hydrogens (tertiary/aromatic N) is 1. The lowest BCUT2D eigenvalue weighted by Crippen LogP contribution is -2.08. The third-order valence-corrected chi connectivity index (χ3v) is 3.47. The fourth-order valence-corrected chi connectivity index (χ4v) is 2.23. The number of hydrogen-bond donors (Lipinski definition) is 0. The van der Waals surface area contributed by atoms with E-state index in [1.165, 1.54) is 18.2 Å². The summed E-state index contributed by atoms with van der Waals surface area (Å²) in [6.07, 6.45) is 0. The molecule has 3 aromatic rings. The molecule has 0 fully saturated rings. The molecule has 0 unspecified atom stereocenters. The van der Waals surface area contributed by atoms with Crippen LogP contribution in [-0.4, -0.2) is 5.97 Å². The lowest BCUT2D eigenvalue weighted by Gasteiger charge is -2.06. The number of halogens is 1. The molecule has 0 N–H and O–H groups in total. The third kappa shape index (κ3) is 3.47. The van der Waals surface area contributed by atoms with Gasteiger partial charge in [-0.25, -0.2) is 9.18 Å². The highest BCUT2D eigenvalue weighted by atomic mass is 19.1. The van der Waals surface area contributed by atoms with Gasteiger partial charge in [0.05, 0.1) is 17.2 Å². The van der Waals surface area contributed by atoms with Crippen molar-refractivity contribution < 1.29 is 13.9 Å². The van der Waals surface area contributed by atoms with Crippen molar-refractivity contribution in [1.82, 2.24) is 0 Å². The Bertz CT molecular complexity index is 910. The van der Waals surface area contributed by atoms with Gasteiger partial charge < -0.3 is 4.74 Å². The van der Waals surface area contributed by atoms with Crippen molar-refractivity contribution >= 4 is 5.97 Å². The Morgan fingerprint density at radius 3 is 2.12 bits per heavy atom. The van der Waals surface area contributed by atoms with Crippen LogP contribution in [0.15, 0.2) is 72.8 Å². The van der Waals surface area contributed by atoms with Crippen LogP contribution in [0.5, 0.6) is 5.75 Å². The predicted molar refractivity (Wildman–Crippen MR) is 88.0 cm³/mol. The van der Waals surface area contributed by atoms with Gasteiger partial charge >= 0.3 is 5.97 Å². The summed E-state index contributed by atoms with van der Waals surface area (Å²) < 4.78 is 18.4. The van der Waals surface area contributed by atoms with E-state index in [1.807, 2.05) is 24.3 Å². The van der Waals surface area contributed by atoms with Crippen LogP contribution < -0.4 is 4.74 Å². The summed E-state index contributed by atoms with van der Waals surface area (Å²) in [7, 11) is 0.